The number of phosphoric acid groups is 1. The Bertz CT molecular complexity index is 197. The first-order valence-corrected chi connectivity index (χ1v) is 4.94. The van der Waals surface area contributed by atoms with Gasteiger partial charge in [-0.25, -0.2) is 4.57 Å². The van der Waals surface area contributed by atoms with Crippen molar-refractivity contribution in [3.8, 4) is 0 Å². The van der Waals surface area contributed by atoms with Crippen LogP contribution in [0.3, 0.4) is 0 Å². The summed E-state index contributed by atoms with van der Waals surface area (Å²) < 4.78 is 14.4. The smallest absolute Gasteiger partial charge is 0.394 e. The first kappa shape index (κ1) is 13.0. The Morgan fingerprint density at radius 1 is 1.46 bits per heavy atom. The van der Waals surface area contributed by atoms with E-state index in [4.69, 9.17) is 20.0 Å². The van der Waals surface area contributed by atoms with Gasteiger partial charge in [0.05, 0.1) is 13.2 Å². The molecule has 13 heavy (non-hydrogen) atoms. The lowest BCUT2D eigenvalue weighted by Crippen LogP contribution is -2.46. The molecular formula is C5H13O7P. The summed E-state index contributed by atoms with van der Waals surface area (Å²) in [5.41, 5.74) is -1.89. The van der Waals surface area contributed by atoms with E-state index in [1.165, 1.54) is 0 Å². The predicted octanol–water partition coefficient (Wildman–Crippen LogP) is -1.80. The molecule has 0 rings (SSSR count). The zero-order valence-electron chi connectivity index (χ0n) is 6.99. The summed E-state index contributed by atoms with van der Waals surface area (Å²) in [5, 5.41) is 26.5. The fourth-order valence-electron chi connectivity index (χ4n) is 0.611. The van der Waals surface area contributed by atoms with Crippen molar-refractivity contribution in [2.24, 2.45) is 0 Å². The molecule has 5 N–H and O–H groups in total. The van der Waals surface area contributed by atoms with Gasteiger partial charge in [0.2, 0.25) is 0 Å². The second kappa shape index (κ2) is 4.47. The van der Waals surface area contributed by atoms with Gasteiger partial charge in [0.15, 0.2) is 0 Å². The van der Waals surface area contributed by atoms with Crippen molar-refractivity contribution in [1.29, 1.82) is 0 Å². The van der Waals surface area contributed by atoms with Gasteiger partial charge in [0.25, 0.3) is 0 Å². The number of phosphoric ester groups is 1. The van der Waals surface area contributed by atoms with Gasteiger partial charge in [-0.15, -0.1) is 0 Å². The highest BCUT2D eigenvalue weighted by Crippen LogP contribution is 2.39. The normalized spacial score (nSPS) is 19.5. The summed E-state index contributed by atoms with van der Waals surface area (Å²) in [6.07, 6.45) is -1.53. The van der Waals surface area contributed by atoms with Crippen LogP contribution in [0.1, 0.15) is 6.92 Å². The molecule has 0 aromatic rings. The minimum Gasteiger partial charge on any atom is -0.394 e. The molecule has 0 unspecified atom stereocenters. The molecule has 0 spiro atoms. The molecule has 0 bridgehead atoms. The molecular weight excluding hydrogens is 203 g/mol. The van der Waals surface area contributed by atoms with E-state index in [2.05, 4.69) is 4.52 Å². The van der Waals surface area contributed by atoms with Crippen LogP contribution in [-0.2, 0) is 9.09 Å². The Labute approximate surface area is 74.8 Å². The summed E-state index contributed by atoms with van der Waals surface area (Å²) in [6.45, 7) is -0.500. The van der Waals surface area contributed by atoms with Crippen LogP contribution in [0.15, 0.2) is 0 Å². The molecule has 80 valence electrons. The molecule has 0 aliphatic rings. The predicted molar refractivity (Wildman–Crippen MR) is 41.7 cm³/mol. The third-order valence-electron chi connectivity index (χ3n) is 1.44. The van der Waals surface area contributed by atoms with Crippen LogP contribution < -0.4 is 0 Å². The van der Waals surface area contributed by atoms with E-state index >= 15 is 0 Å². The zero-order chi connectivity index (χ0) is 10.7. The first-order chi connectivity index (χ1) is 5.73. The lowest BCUT2D eigenvalue weighted by Gasteiger charge is -2.29. The monoisotopic (exact) mass is 216 g/mol. The fraction of sp³-hybridized carbons (Fsp3) is 1.00. The Balaban J connectivity index is 4.44. The Kier molecular flexibility index (Phi) is 4.47. The summed E-state index contributed by atoms with van der Waals surface area (Å²) in [6, 6.07) is 0. The highest BCUT2D eigenvalue weighted by Gasteiger charge is 2.36. The maximum Gasteiger partial charge on any atom is 0.470 e. The minimum atomic E-state index is -4.78. The van der Waals surface area contributed by atoms with Gasteiger partial charge in [-0.2, -0.15) is 0 Å². The molecule has 0 amide bonds. The number of aliphatic hydroxyl groups is 3. The lowest BCUT2D eigenvalue weighted by atomic mass is 10.0. The maximum absolute atomic E-state index is 10.3. The molecule has 0 aromatic heterocycles. The minimum absolute atomic E-state index is 0.780. The van der Waals surface area contributed by atoms with Crippen LogP contribution in [0.4, 0.5) is 0 Å². The van der Waals surface area contributed by atoms with E-state index in [0.717, 1.165) is 6.92 Å². The zero-order valence-corrected chi connectivity index (χ0v) is 7.89. The topological polar surface area (TPSA) is 127 Å². The van der Waals surface area contributed by atoms with Crippen molar-refractivity contribution >= 4 is 7.82 Å². The number of aliphatic hydroxyl groups excluding tert-OH is 2. The van der Waals surface area contributed by atoms with E-state index in [9.17, 15) is 9.67 Å². The van der Waals surface area contributed by atoms with Gasteiger partial charge in [-0.3, -0.25) is 4.52 Å². The summed E-state index contributed by atoms with van der Waals surface area (Å²) in [4.78, 5) is 16.7. The van der Waals surface area contributed by atoms with Gasteiger partial charge in [0, 0.05) is 0 Å². The standard InChI is InChI=1S/C5H13O7P/c1-5(8,3-7)4(2-6)12-13(9,10)11/h4,6-8H,2-3H2,1H3,(H2,9,10,11)/t4-,5+/m1/s1. The highest BCUT2D eigenvalue weighted by atomic mass is 31.2. The van der Waals surface area contributed by atoms with E-state index in [1.807, 2.05) is 0 Å². The quantitative estimate of drug-likeness (QED) is 0.343. The second-order valence-corrected chi connectivity index (χ2v) is 3.97. The van der Waals surface area contributed by atoms with Gasteiger partial charge >= 0.3 is 7.82 Å². The van der Waals surface area contributed by atoms with Crippen molar-refractivity contribution in [3.63, 3.8) is 0 Å². The molecule has 7 nitrogen and oxygen atoms in total. The number of hydrogen-bond acceptors (Lipinski definition) is 5. The molecule has 0 aliphatic heterocycles. The summed E-state index contributed by atoms with van der Waals surface area (Å²) in [7, 11) is -4.78. The van der Waals surface area contributed by atoms with Gasteiger partial charge < -0.3 is 25.1 Å². The third kappa shape index (κ3) is 4.68. The van der Waals surface area contributed by atoms with E-state index in [0.29, 0.717) is 0 Å². The Morgan fingerprint density at radius 3 is 2.15 bits per heavy atom. The number of rotatable bonds is 5. The third-order valence-corrected chi connectivity index (χ3v) is 1.97. The van der Waals surface area contributed by atoms with Gasteiger partial charge in [-0.1, -0.05) is 0 Å². The molecule has 0 aromatic carbocycles. The maximum atomic E-state index is 10.3. The van der Waals surface area contributed by atoms with Crippen molar-refractivity contribution in [1.82, 2.24) is 0 Å². The Morgan fingerprint density at radius 2 is 1.92 bits per heavy atom. The summed E-state index contributed by atoms with van der Waals surface area (Å²) >= 11 is 0. The van der Waals surface area contributed by atoms with E-state index in [-0.39, 0.29) is 0 Å². The molecule has 0 saturated heterocycles. The summed E-state index contributed by atoms with van der Waals surface area (Å²) in [5.74, 6) is 0. The largest absolute Gasteiger partial charge is 0.470 e. The van der Waals surface area contributed by atoms with Crippen molar-refractivity contribution in [3.05, 3.63) is 0 Å². The van der Waals surface area contributed by atoms with Crippen LogP contribution in [-0.4, -0.2) is 50.0 Å². The van der Waals surface area contributed by atoms with E-state index < -0.39 is 32.7 Å². The van der Waals surface area contributed by atoms with Crippen molar-refractivity contribution in [2.75, 3.05) is 13.2 Å². The number of hydrogen-bond donors (Lipinski definition) is 5. The van der Waals surface area contributed by atoms with Crippen LogP contribution in [0.25, 0.3) is 0 Å². The van der Waals surface area contributed by atoms with Crippen LogP contribution in [0, 0.1) is 0 Å². The molecule has 0 heterocycles. The molecule has 8 heteroatoms. The van der Waals surface area contributed by atoms with Crippen molar-refractivity contribution in [2.45, 2.75) is 18.6 Å². The second-order valence-electron chi connectivity index (χ2n) is 2.78. The SMILES string of the molecule is C[C@](O)(CO)[C@@H](CO)OP(=O)(O)O. The van der Waals surface area contributed by atoms with Crippen LogP contribution >= 0.6 is 7.82 Å². The highest BCUT2D eigenvalue weighted by molar-refractivity contribution is 7.46. The van der Waals surface area contributed by atoms with Gasteiger partial charge in [-0.05, 0) is 6.92 Å². The average molecular weight is 216 g/mol. The fourth-order valence-corrected chi connectivity index (χ4v) is 1.24. The van der Waals surface area contributed by atoms with Crippen LogP contribution in [0.2, 0.25) is 0 Å². The average Bonchev–Trinajstić information content (AvgIpc) is 1.98. The molecule has 0 aliphatic carbocycles. The molecule has 0 radical (unpaired) electrons. The molecule has 2 atom stereocenters. The van der Waals surface area contributed by atoms with E-state index in [1.54, 1.807) is 0 Å². The Hall–Kier alpha value is -0.0100. The van der Waals surface area contributed by atoms with Crippen LogP contribution in [0.5, 0.6) is 0 Å². The molecule has 0 saturated carbocycles. The molecule has 0 fully saturated rings. The van der Waals surface area contributed by atoms with Gasteiger partial charge in [0.1, 0.15) is 11.7 Å². The first-order valence-electron chi connectivity index (χ1n) is 3.41. The lowest BCUT2D eigenvalue weighted by molar-refractivity contribution is -0.104. The van der Waals surface area contributed by atoms with Crippen molar-refractivity contribution < 1.29 is 34.2 Å².